The van der Waals surface area contributed by atoms with Crippen molar-refractivity contribution in [1.82, 2.24) is 14.6 Å². The van der Waals surface area contributed by atoms with E-state index in [1.807, 2.05) is 85.1 Å². The summed E-state index contributed by atoms with van der Waals surface area (Å²) in [6.45, 7) is 0. The number of nitriles is 1. The van der Waals surface area contributed by atoms with Crippen LogP contribution in [0.2, 0.25) is 0 Å². The van der Waals surface area contributed by atoms with Gasteiger partial charge in [-0.05, 0) is 42.5 Å². The molecule has 5 aromatic rings. The zero-order valence-electron chi connectivity index (χ0n) is 16.4. The molecule has 5 rings (SSSR count). The molecule has 3 aromatic carbocycles. The highest BCUT2D eigenvalue weighted by Gasteiger charge is 2.16. The van der Waals surface area contributed by atoms with Crippen LogP contribution < -0.4 is 10.5 Å². The predicted octanol–water partition coefficient (Wildman–Crippen LogP) is 5.31. The van der Waals surface area contributed by atoms with E-state index in [-0.39, 0.29) is 0 Å². The monoisotopic (exact) mass is 403 g/mol. The van der Waals surface area contributed by atoms with Crippen LogP contribution in [0.3, 0.4) is 0 Å². The van der Waals surface area contributed by atoms with Gasteiger partial charge in [-0.15, -0.1) is 0 Å². The van der Waals surface area contributed by atoms with Gasteiger partial charge in [0, 0.05) is 34.8 Å². The van der Waals surface area contributed by atoms with Gasteiger partial charge in [0.25, 0.3) is 0 Å². The van der Waals surface area contributed by atoms with Gasteiger partial charge >= 0.3 is 0 Å². The summed E-state index contributed by atoms with van der Waals surface area (Å²) in [5.74, 6) is 1.47. The van der Waals surface area contributed by atoms with Crippen molar-refractivity contribution < 1.29 is 4.74 Å². The normalized spacial score (nSPS) is 10.7. The summed E-state index contributed by atoms with van der Waals surface area (Å²) in [4.78, 5) is 4.49. The smallest absolute Gasteiger partial charge is 0.173 e. The second kappa shape index (κ2) is 7.65. The minimum Gasteiger partial charge on any atom is -0.457 e. The summed E-state index contributed by atoms with van der Waals surface area (Å²) in [5, 5.41) is 14.4. The molecule has 6 heteroatoms. The van der Waals surface area contributed by atoms with E-state index in [0.717, 1.165) is 22.4 Å². The lowest BCUT2D eigenvalue weighted by Gasteiger charge is -2.06. The maximum atomic E-state index is 9.76. The number of nitrogens with two attached hydrogens (primary N) is 1. The van der Waals surface area contributed by atoms with Crippen LogP contribution in [-0.4, -0.2) is 14.6 Å². The molecule has 0 saturated carbocycles. The lowest BCUT2D eigenvalue weighted by Crippen LogP contribution is -1.95. The fraction of sp³-hybridized carbons (Fsp3) is 0. The first-order chi connectivity index (χ1) is 15.2. The lowest BCUT2D eigenvalue weighted by molar-refractivity contribution is 0.483. The van der Waals surface area contributed by atoms with Crippen molar-refractivity contribution >= 4 is 11.3 Å². The van der Waals surface area contributed by atoms with E-state index in [0.29, 0.717) is 28.3 Å². The Bertz CT molecular complexity index is 1420. The minimum atomic E-state index is 0.421. The Morgan fingerprint density at radius 1 is 0.839 bits per heavy atom. The van der Waals surface area contributed by atoms with E-state index in [4.69, 9.17) is 10.5 Å². The molecule has 31 heavy (non-hydrogen) atoms. The molecule has 0 spiro atoms. The Hall–Kier alpha value is -4.63. The van der Waals surface area contributed by atoms with Gasteiger partial charge in [0.1, 0.15) is 28.8 Å². The summed E-state index contributed by atoms with van der Waals surface area (Å²) in [7, 11) is 0. The Kier molecular flexibility index (Phi) is 4.54. The molecule has 2 N–H and O–H groups in total. The number of nitrogens with zero attached hydrogens (tertiary/aromatic N) is 4. The first-order valence-electron chi connectivity index (χ1n) is 9.69. The number of hydrogen-bond donors (Lipinski definition) is 1. The number of aromatic nitrogens is 3. The standard InChI is InChI=1S/C25H17N5O/c26-14-22-24(17-10-12-20(13-11-17)31-19-6-2-1-3-7-19)29-30-16-18(15-28-25(22)30)21-8-4-5-9-23(21)27/h1-13,15-16H,27H2. The Morgan fingerprint density at radius 2 is 1.55 bits per heavy atom. The quantitative estimate of drug-likeness (QED) is 0.411. The van der Waals surface area contributed by atoms with E-state index < -0.39 is 0 Å². The molecule has 2 aromatic heterocycles. The highest BCUT2D eigenvalue weighted by atomic mass is 16.5. The van der Waals surface area contributed by atoms with Crippen LogP contribution in [0.1, 0.15) is 5.56 Å². The number of ether oxygens (including phenoxy) is 1. The van der Waals surface area contributed by atoms with E-state index in [2.05, 4.69) is 16.2 Å². The van der Waals surface area contributed by atoms with Crippen molar-refractivity contribution in [2.24, 2.45) is 0 Å². The summed E-state index contributed by atoms with van der Waals surface area (Å²) < 4.78 is 7.47. The van der Waals surface area contributed by atoms with Gasteiger partial charge < -0.3 is 10.5 Å². The molecule has 6 nitrogen and oxygen atoms in total. The van der Waals surface area contributed by atoms with Crippen LogP contribution in [0.25, 0.3) is 28.0 Å². The lowest BCUT2D eigenvalue weighted by atomic mass is 10.1. The molecule has 0 aliphatic heterocycles. The van der Waals surface area contributed by atoms with E-state index >= 15 is 0 Å². The van der Waals surface area contributed by atoms with Crippen molar-refractivity contribution in [3.8, 4) is 40.0 Å². The Labute approximate surface area is 178 Å². The molecule has 0 bridgehead atoms. The molecule has 0 atom stereocenters. The predicted molar refractivity (Wildman–Crippen MR) is 120 cm³/mol. The van der Waals surface area contributed by atoms with Crippen molar-refractivity contribution in [2.75, 3.05) is 5.73 Å². The first kappa shape index (κ1) is 18.4. The van der Waals surface area contributed by atoms with Gasteiger partial charge in [-0.25, -0.2) is 9.50 Å². The largest absolute Gasteiger partial charge is 0.457 e. The van der Waals surface area contributed by atoms with Crippen molar-refractivity contribution in [3.05, 3.63) is 96.8 Å². The minimum absolute atomic E-state index is 0.421. The number of para-hydroxylation sites is 2. The number of fused-ring (bicyclic) bond motifs is 1. The molecule has 0 radical (unpaired) electrons. The molecule has 2 heterocycles. The van der Waals surface area contributed by atoms with Gasteiger partial charge in [-0.2, -0.15) is 10.4 Å². The third-order valence-electron chi connectivity index (χ3n) is 4.96. The number of hydrogen-bond acceptors (Lipinski definition) is 5. The van der Waals surface area contributed by atoms with Crippen molar-refractivity contribution in [2.45, 2.75) is 0 Å². The second-order valence-corrected chi connectivity index (χ2v) is 6.97. The van der Waals surface area contributed by atoms with Crippen LogP contribution in [0.4, 0.5) is 5.69 Å². The van der Waals surface area contributed by atoms with Crippen LogP contribution in [0.15, 0.2) is 91.3 Å². The molecule has 148 valence electrons. The summed E-state index contributed by atoms with van der Waals surface area (Å²) in [6, 6.07) is 26.9. The SMILES string of the molecule is N#Cc1c(-c2ccc(Oc3ccccc3)cc2)nn2cc(-c3ccccc3N)cnc12. The second-order valence-electron chi connectivity index (χ2n) is 6.97. The molecule has 0 amide bonds. The molecule has 0 unspecified atom stereocenters. The van der Waals surface area contributed by atoms with Crippen LogP contribution in [0, 0.1) is 11.3 Å². The summed E-state index contributed by atoms with van der Waals surface area (Å²) in [5.41, 5.74) is 10.8. The van der Waals surface area contributed by atoms with Crippen molar-refractivity contribution in [1.29, 1.82) is 5.26 Å². The first-order valence-corrected chi connectivity index (χ1v) is 9.69. The van der Waals surface area contributed by atoms with Gasteiger partial charge in [0.15, 0.2) is 5.65 Å². The topological polar surface area (TPSA) is 89.2 Å². The zero-order chi connectivity index (χ0) is 21.2. The third-order valence-corrected chi connectivity index (χ3v) is 4.96. The molecule has 0 aliphatic rings. The van der Waals surface area contributed by atoms with E-state index in [9.17, 15) is 5.26 Å². The van der Waals surface area contributed by atoms with E-state index in [1.165, 1.54) is 0 Å². The molecular formula is C25H17N5O. The van der Waals surface area contributed by atoms with Gasteiger partial charge in [-0.1, -0.05) is 36.4 Å². The fourth-order valence-electron chi connectivity index (χ4n) is 3.44. The number of benzene rings is 3. The van der Waals surface area contributed by atoms with Gasteiger partial charge in [0.2, 0.25) is 0 Å². The third kappa shape index (κ3) is 3.45. The van der Waals surface area contributed by atoms with Crippen molar-refractivity contribution in [3.63, 3.8) is 0 Å². The number of anilines is 1. The Morgan fingerprint density at radius 3 is 2.29 bits per heavy atom. The van der Waals surface area contributed by atoms with Crippen LogP contribution >= 0.6 is 0 Å². The highest BCUT2D eigenvalue weighted by molar-refractivity contribution is 5.78. The van der Waals surface area contributed by atoms with Crippen LogP contribution in [0.5, 0.6) is 11.5 Å². The summed E-state index contributed by atoms with van der Waals surface area (Å²) >= 11 is 0. The average molecular weight is 403 g/mol. The highest BCUT2D eigenvalue weighted by Crippen LogP contribution is 2.30. The van der Waals surface area contributed by atoms with Crippen LogP contribution in [-0.2, 0) is 0 Å². The maximum Gasteiger partial charge on any atom is 0.173 e. The average Bonchev–Trinajstić information content (AvgIpc) is 3.18. The number of rotatable bonds is 4. The van der Waals surface area contributed by atoms with E-state index in [1.54, 1.807) is 10.7 Å². The summed E-state index contributed by atoms with van der Waals surface area (Å²) in [6.07, 6.45) is 3.55. The maximum absolute atomic E-state index is 9.76. The molecule has 0 saturated heterocycles. The molecule has 0 fully saturated rings. The Balaban J connectivity index is 1.52. The molecular weight excluding hydrogens is 386 g/mol. The fourth-order valence-corrected chi connectivity index (χ4v) is 3.44. The zero-order valence-corrected chi connectivity index (χ0v) is 16.4. The number of nitrogen functional groups attached to an aromatic ring is 1. The van der Waals surface area contributed by atoms with Gasteiger partial charge in [0.05, 0.1) is 0 Å². The van der Waals surface area contributed by atoms with Gasteiger partial charge in [-0.3, -0.25) is 0 Å². The molecule has 0 aliphatic carbocycles.